The predicted molar refractivity (Wildman–Crippen MR) is 66.7 cm³/mol. The van der Waals surface area contributed by atoms with E-state index in [0.29, 0.717) is 0 Å². The van der Waals surface area contributed by atoms with Gasteiger partial charge in [0.25, 0.3) is 0 Å². The van der Waals surface area contributed by atoms with Crippen molar-refractivity contribution in [3.05, 3.63) is 0 Å². The van der Waals surface area contributed by atoms with Gasteiger partial charge in [-0.2, -0.15) is 11.8 Å². The van der Waals surface area contributed by atoms with E-state index in [0.717, 1.165) is 31.3 Å². The molecule has 0 bridgehead atoms. The van der Waals surface area contributed by atoms with Crippen LogP contribution in [-0.4, -0.2) is 34.9 Å². The van der Waals surface area contributed by atoms with E-state index in [1.165, 1.54) is 37.2 Å². The van der Waals surface area contributed by atoms with E-state index >= 15 is 0 Å². The highest BCUT2D eigenvalue weighted by Crippen LogP contribution is 2.45. The molecule has 4 atom stereocenters. The molecule has 0 radical (unpaired) electrons. The van der Waals surface area contributed by atoms with Gasteiger partial charge in [0.15, 0.2) is 0 Å². The van der Waals surface area contributed by atoms with Crippen molar-refractivity contribution < 1.29 is 9.84 Å². The van der Waals surface area contributed by atoms with E-state index in [1.54, 1.807) is 0 Å². The quantitative estimate of drug-likeness (QED) is 0.766. The lowest BCUT2D eigenvalue weighted by atomic mass is 9.77. The fourth-order valence-corrected chi connectivity index (χ4v) is 5.13. The van der Waals surface area contributed by atoms with E-state index in [-0.39, 0.29) is 11.7 Å². The summed E-state index contributed by atoms with van der Waals surface area (Å²) < 4.78 is 6.06. The summed E-state index contributed by atoms with van der Waals surface area (Å²) in [4.78, 5) is 0. The summed E-state index contributed by atoms with van der Waals surface area (Å²) in [6, 6.07) is 0. The van der Waals surface area contributed by atoms with Gasteiger partial charge in [-0.05, 0) is 56.1 Å². The van der Waals surface area contributed by atoms with Gasteiger partial charge in [0.2, 0.25) is 0 Å². The van der Waals surface area contributed by atoms with Crippen LogP contribution in [0.1, 0.15) is 38.5 Å². The number of aliphatic hydroxyl groups is 1. The van der Waals surface area contributed by atoms with Crippen molar-refractivity contribution in [1.29, 1.82) is 0 Å². The summed E-state index contributed by atoms with van der Waals surface area (Å²) >= 11 is 2.05. The van der Waals surface area contributed by atoms with Gasteiger partial charge in [-0.3, -0.25) is 0 Å². The van der Waals surface area contributed by atoms with Gasteiger partial charge in [-0.1, -0.05) is 0 Å². The molecule has 0 aromatic heterocycles. The molecule has 1 saturated carbocycles. The third-order valence-electron chi connectivity index (χ3n) is 4.71. The summed E-state index contributed by atoms with van der Waals surface area (Å²) in [5.41, 5.74) is 0.223. The van der Waals surface area contributed by atoms with E-state index < -0.39 is 0 Å². The molecule has 2 saturated heterocycles. The Morgan fingerprint density at radius 2 is 2.12 bits per heavy atom. The lowest BCUT2D eigenvalue weighted by Gasteiger charge is -2.40. The molecular weight excluding hydrogens is 220 g/mol. The number of ether oxygens (including phenoxy) is 1. The van der Waals surface area contributed by atoms with Crippen molar-refractivity contribution in [3.63, 3.8) is 0 Å². The first-order valence-electron chi connectivity index (χ1n) is 6.67. The summed E-state index contributed by atoms with van der Waals surface area (Å²) in [5, 5.41) is 9.65. The molecule has 1 N–H and O–H groups in total. The van der Waals surface area contributed by atoms with Crippen molar-refractivity contribution in [2.45, 2.75) is 50.2 Å². The average Bonchev–Trinajstić information content (AvgIpc) is 2.89. The zero-order valence-corrected chi connectivity index (χ0v) is 10.7. The van der Waals surface area contributed by atoms with Gasteiger partial charge in [0.1, 0.15) is 0 Å². The van der Waals surface area contributed by atoms with Crippen LogP contribution in [0.15, 0.2) is 0 Å². The Hall–Kier alpha value is 0.270. The Labute approximate surface area is 102 Å². The Kier molecular flexibility index (Phi) is 3.20. The first-order valence-corrected chi connectivity index (χ1v) is 7.83. The fourth-order valence-electron chi connectivity index (χ4n) is 3.75. The van der Waals surface area contributed by atoms with Crippen LogP contribution in [0.3, 0.4) is 0 Å². The van der Waals surface area contributed by atoms with Crippen molar-refractivity contribution >= 4 is 11.8 Å². The minimum atomic E-state index is -0.0123. The molecule has 1 spiro atoms. The highest BCUT2D eigenvalue weighted by atomic mass is 32.2. The van der Waals surface area contributed by atoms with E-state index in [2.05, 4.69) is 11.8 Å². The van der Waals surface area contributed by atoms with Crippen LogP contribution in [0, 0.1) is 11.8 Å². The fraction of sp³-hybridized carbons (Fsp3) is 1.00. The third-order valence-corrected chi connectivity index (χ3v) is 5.93. The van der Waals surface area contributed by atoms with E-state index in [4.69, 9.17) is 4.74 Å². The van der Waals surface area contributed by atoms with Crippen molar-refractivity contribution in [1.82, 2.24) is 0 Å². The van der Waals surface area contributed by atoms with Crippen LogP contribution >= 0.6 is 11.8 Å². The number of thioether (sulfide) groups is 1. The second kappa shape index (κ2) is 4.51. The highest BCUT2D eigenvalue weighted by molar-refractivity contribution is 7.99. The van der Waals surface area contributed by atoms with Crippen LogP contribution in [0.2, 0.25) is 0 Å². The van der Waals surface area contributed by atoms with Gasteiger partial charge in [-0.15, -0.1) is 0 Å². The van der Waals surface area contributed by atoms with Crippen molar-refractivity contribution in [3.8, 4) is 0 Å². The van der Waals surface area contributed by atoms with Crippen molar-refractivity contribution in [2.24, 2.45) is 11.8 Å². The molecule has 3 fully saturated rings. The third kappa shape index (κ3) is 2.14. The first-order chi connectivity index (χ1) is 7.77. The van der Waals surface area contributed by atoms with Crippen LogP contribution < -0.4 is 0 Å². The zero-order chi connectivity index (χ0) is 11.0. The van der Waals surface area contributed by atoms with Gasteiger partial charge < -0.3 is 9.84 Å². The minimum Gasteiger partial charge on any atom is -0.393 e. The maximum atomic E-state index is 9.65. The standard InChI is InChI=1S/C13H22O2S/c14-12-2-1-10(7-12)11-3-5-15-13(8-11)4-6-16-9-13/h10-12,14H,1-9H2. The molecule has 0 aromatic carbocycles. The maximum absolute atomic E-state index is 9.65. The second-order valence-electron chi connectivity index (χ2n) is 5.81. The van der Waals surface area contributed by atoms with Crippen LogP contribution in [0.4, 0.5) is 0 Å². The van der Waals surface area contributed by atoms with Crippen LogP contribution in [0.25, 0.3) is 0 Å². The minimum absolute atomic E-state index is 0.0123. The first kappa shape index (κ1) is 11.4. The lowest BCUT2D eigenvalue weighted by Crippen LogP contribution is -2.41. The summed E-state index contributed by atoms with van der Waals surface area (Å²) in [6.07, 6.45) is 7.05. The predicted octanol–water partition coefficient (Wildman–Crippen LogP) is 2.45. The molecular formula is C13H22O2S. The highest BCUT2D eigenvalue weighted by Gasteiger charge is 2.43. The van der Waals surface area contributed by atoms with Gasteiger partial charge in [-0.25, -0.2) is 0 Å². The molecule has 3 rings (SSSR count). The second-order valence-corrected chi connectivity index (χ2v) is 6.92. The van der Waals surface area contributed by atoms with Gasteiger partial charge >= 0.3 is 0 Å². The Balaban J connectivity index is 1.63. The SMILES string of the molecule is OC1CCC(C2CCOC3(CCSC3)C2)C1. The van der Waals surface area contributed by atoms with E-state index in [9.17, 15) is 5.11 Å². The van der Waals surface area contributed by atoms with Gasteiger partial charge in [0.05, 0.1) is 11.7 Å². The molecule has 2 nitrogen and oxygen atoms in total. The Bertz CT molecular complexity index is 250. The number of aliphatic hydroxyl groups excluding tert-OH is 1. The lowest BCUT2D eigenvalue weighted by molar-refractivity contribution is -0.0892. The molecule has 4 unspecified atom stereocenters. The molecule has 3 heteroatoms. The number of rotatable bonds is 1. The van der Waals surface area contributed by atoms with E-state index in [1.807, 2.05) is 0 Å². The zero-order valence-electron chi connectivity index (χ0n) is 9.86. The number of hydrogen-bond donors (Lipinski definition) is 1. The van der Waals surface area contributed by atoms with Crippen LogP contribution in [-0.2, 0) is 4.74 Å². The summed E-state index contributed by atoms with van der Waals surface area (Å²) in [5.74, 6) is 4.09. The smallest absolute Gasteiger partial charge is 0.0783 e. The Morgan fingerprint density at radius 3 is 2.81 bits per heavy atom. The van der Waals surface area contributed by atoms with Gasteiger partial charge in [0, 0.05) is 12.4 Å². The molecule has 2 heterocycles. The average molecular weight is 242 g/mol. The molecule has 2 aliphatic heterocycles. The molecule has 0 aromatic rings. The molecule has 0 amide bonds. The number of hydrogen-bond acceptors (Lipinski definition) is 3. The normalized spacial score (nSPS) is 48.9. The topological polar surface area (TPSA) is 29.5 Å². The molecule has 92 valence electrons. The summed E-state index contributed by atoms with van der Waals surface area (Å²) in [7, 11) is 0. The van der Waals surface area contributed by atoms with Crippen LogP contribution in [0.5, 0.6) is 0 Å². The summed E-state index contributed by atoms with van der Waals surface area (Å²) in [6.45, 7) is 0.956. The molecule has 16 heavy (non-hydrogen) atoms. The maximum Gasteiger partial charge on any atom is 0.0783 e. The monoisotopic (exact) mass is 242 g/mol. The molecule has 1 aliphatic carbocycles. The molecule has 3 aliphatic rings. The Morgan fingerprint density at radius 1 is 1.19 bits per heavy atom. The largest absolute Gasteiger partial charge is 0.393 e. The van der Waals surface area contributed by atoms with Crippen molar-refractivity contribution in [2.75, 3.05) is 18.1 Å².